The summed E-state index contributed by atoms with van der Waals surface area (Å²) >= 11 is 0. The van der Waals surface area contributed by atoms with Crippen LogP contribution in [-0.2, 0) is 14.3 Å². The number of carbonyl (C=O) groups is 2. The minimum Gasteiger partial charge on any atom is -0.383 e. The van der Waals surface area contributed by atoms with Gasteiger partial charge in [0, 0.05) is 52.9 Å². The average molecular weight is 340 g/mol. The van der Waals surface area contributed by atoms with Crippen molar-refractivity contribution in [3.8, 4) is 0 Å². The summed E-state index contributed by atoms with van der Waals surface area (Å²) in [6.45, 7) is 6.94. The van der Waals surface area contributed by atoms with E-state index in [0.717, 1.165) is 39.0 Å². The van der Waals surface area contributed by atoms with Gasteiger partial charge in [0.25, 0.3) is 0 Å². The number of nitrogens with one attached hydrogen (secondary N) is 1. The minimum absolute atomic E-state index is 0.129. The molecule has 0 radical (unpaired) electrons. The maximum Gasteiger partial charge on any atom is 0.236 e. The number of carbonyl (C=O) groups excluding carboxylic acids is 2. The second-order valence-electron chi connectivity index (χ2n) is 6.62. The van der Waals surface area contributed by atoms with Crippen LogP contribution >= 0.6 is 0 Å². The Balaban J connectivity index is 1.64. The van der Waals surface area contributed by atoms with E-state index in [1.165, 1.54) is 12.8 Å². The number of ether oxygens (including phenoxy) is 1. The summed E-state index contributed by atoms with van der Waals surface area (Å²) in [6, 6.07) is 0. The standard InChI is InChI=1S/C17H32N4O3/c1-24-13-6-18-14-16(22)21-11-9-19(10-12-21)15-17(23)20-7-4-2-3-5-8-20/h18H,2-15H2,1H3. The number of hydrogen-bond donors (Lipinski definition) is 1. The Bertz CT molecular complexity index is 389. The Labute approximate surface area is 145 Å². The van der Waals surface area contributed by atoms with E-state index in [2.05, 4.69) is 10.2 Å². The van der Waals surface area contributed by atoms with Crippen LogP contribution in [0.3, 0.4) is 0 Å². The zero-order valence-corrected chi connectivity index (χ0v) is 15.0. The number of hydrogen-bond acceptors (Lipinski definition) is 5. The molecule has 138 valence electrons. The predicted octanol–water partition coefficient (Wildman–Crippen LogP) is -0.231. The van der Waals surface area contributed by atoms with E-state index in [1.807, 2.05) is 9.80 Å². The van der Waals surface area contributed by atoms with Gasteiger partial charge in [-0.05, 0) is 12.8 Å². The summed E-state index contributed by atoms with van der Waals surface area (Å²) in [5.74, 6) is 0.377. The molecule has 0 saturated carbocycles. The second-order valence-corrected chi connectivity index (χ2v) is 6.62. The van der Waals surface area contributed by atoms with Crippen molar-refractivity contribution in [3.63, 3.8) is 0 Å². The van der Waals surface area contributed by atoms with Gasteiger partial charge in [0.15, 0.2) is 0 Å². The minimum atomic E-state index is 0.129. The molecule has 2 saturated heterocycles. The third-order valence-electron chi connectivity index (χ3n) is 4.80. The number of piperazine rings is 1. The summed E-state index contributed by atoms with van der Waals surface area (Å²) in [7, 11) is 1.65. The fraction of sp³-hybridized carbons (Fsp3) is 0.882. The Hall–Kier alpha value is -1.18. The van der Waals surface area contributed by atoms with Crippen molar-refractivity contribution in [2.75, 3.05) is 72.6 Å². The highest BCUT2D eigenvalue weighted by atomic mass is 16.5. The topological polar surface area (TPSA) is 65.1 Å². The molecule has 24 heavy (non-hydrogen) atoms. The van der Waals surface area contributed by atoms with Gasteiger partial charge in [-0.15, -0.1) is 0 Å². The Morgan fingerprint density at radius 3 is 2.12 bits per heavy atom. The van der Waals surface area contributed by atoms with E-state index >= 15 is 0 Å². The van der Waals surface area contributed by atoms with E-state index in [1.54, 1.807) is 7.11 Å². The van der Waals surface area contributed by atoms with Crippen LogP contribution in [0.25, 0.3) is 0 Å². The first-order valence-corrected chi connectivity index (χ1v) is 9.18. The van der Waals surface area contributed by atoms with E-state index < -0.39 is 0 Å². The largest absolute Gasteiger partial charge is 0.383 e. The molecule has 2 aliphatic heterocycles. The molecular weight excluding hydrogens is 308 g/mol. The van der Waals surface area contributed by atoms with Crippen LogP contribution in [0.4, 0.5) is 0 Å². The molecule has 2 amide bonds. The quantitative estimate of drug-likeness (QED) is 0.649. The van der Waals surface area contributed by atoms with E-state index in [4.69, 9.17) is 4.74 Å². The van der Waals surface area contributed by atoms with Crippen molar-refractivity contribution in [2.45, 2.75) is 25.7 Å². The molecule has 1 N–H and O–H groups in total. The third kappa shape index (κ3) is 6.37. The van der Waals surface area contributed by atoms with E-state index in [0.29, 0.717) is 39.3 Å². The van der Waals surface area contributed by atoms with E-state index in [-0.39, 0.29) is 11.8 Å². The first-order valence-electron chi connectivity index (χ1n) is 9.18. The molecule has 2 heterocycles. The van der Waals surface area contributed by atoms with Crippen LogP contribution in [0.2, 0.25) is 0 Å². The highest BCUT2D eigenvalue weighted by Gasteiger charge is 2.24. The van der Waals surface area contributed by atoms with Gasteiger partial charge in [-0.3, -0.25) is 14.5 Å². The van der Waals surface area contributed by atoms with Crippen LogP contribution in [-0.4, -0.2) is 99.1 Å². The Kier molecular flexibility index (Phi) is 8.49. The number of rotatable bonds is 7. The molecule has 0 spiro atoms. The third-order valence-corrected chi connectivity index (χ3v) is 4.80. The molecule has 7 heteroatoms. The summed E-state index contributed by atoms with van der Waals surface area (Å²) in [6.07, 6.45) is 4.74. The predicted molar refractivity (Wildman–Crippen MR) is 92.8 cm³/mol. The van der Waals surface area contributed by atoms with Crippen LogP contribution in [0.1, 0.15) is 25.7 Å². The number of amides is 2. The molecule has 0 unspecified atom stereocenters. The number of nitrogens with zero attached hydrogens (tertiary/aromatic N) is 3. The fourth-order valence-corrected chi connectivity index (χ4v) is 3.25. The molecular formula is C17H32N4O3. The van der Waals surface area contributed by atoms with Crippen molar-refractivity contribution in [2.24, 2.45) is 0 Å². The maximum atomic E-state index is 12.4. The molecule has 0 aromatic rings. The zero-order chi connectivity index (χ0) is 17.2. The van der Waals surface area contributed by atoms with Crippen molar-refractivity contribution >= 4 is 11.8 Å². The van der Waals surface area contributed by atoms with Gasteiger partial charge >= 0.3 is 0 Å². The van der Waals surface area contributed by atoms with Crippen molar-refractivity contribution in [1.29, 1.82) is 0 Å². The van der Waals surface area contributed by atoms with Gasteiger partial charge < -0.3 is 19.9 Å². The second kappa shape index (κ2) is 10.6. The summed E-state index contributed by atoms with van der Waals surface area (Å²) in [4.78, 5) is 30.6. The molecule has 7 nitrogen and oxygen atoms in total. The number of methoxy groups -OCH3 is 1. The molecule has 2 rings (SSSR count). The Morgan fingerprint density at radius 2 is 1.50 bits per heavy atom. The molecule has 0 bridgehead atoms. The normalized spacial score (nSPS) is 20.0. The van der Waals surface area contributed by atoms with Gasteiger partial charge in [0.05, 0.1) is 19.7 Å². The lowest BCUT2D eigenvalue weighted by molar-refractivity contribution is -0.134. The SMILES string of the molecule is COCCNCC(=O)N1CCN(CC(=O)N2CCCCCC2)CC1. The first-order chi connectivity index (χ1) is 11.7. The summed E-state index contributed by atoms with van der Waals surface area (Å²) in [5.41, 5.74) is 0. The molecule has 0 aliphatic carbocycles. The monoisotopic (exact) mass is 340 g/mol. The molecule has 0 aromatic carbocycles. The highest BCUT2D eigenvalue weighted by Crippen LogP contribution is 2.11. The molecule has 0 aromatic heterocycles. The smallest absolute Gasteiger partial charge is 0.236 e. The van der Waals surface area contributed by atoms with Crippen LogP contribution < -0.4 is 5.32 Å². The first kappa shape index (κ1) is 19.1. The average Bonchev–Trinajstić information content (AvgIpc) is 2.88. The lowest BCUT2D eigenvalue weighted by atomic mass is 10.2. The van der Waals surface area contributed by atoms with Crippen molar-refractivity contribution < 1.29 is 14.3 Å². The van der Waals surface area contributed by atoms with Crippen LogP contribution in [0.15, 0.2) is 0 Å². The van der Waals surface area contributed by atoms with Crippen LogP contribution in [0, 0.1) is 0 Å². The van der Waals surface area contributed by atoms with Crippen LogP contribution in [0.5, 0.6) is 0 Å². The van der Waals surface area contributed by atoms with E-state index in [9.17, 15) is 9.59 Å². The lowest BCUT2D eigenvalue weighted by Crippen LogP contribution is -2.53. The van der Waals surface area contributed by atoms with Gasteiger partial charge in [-0.25, -0.2) is 0 Å². The highest BCUT2D eigenvalue weighted by molar-refractivity contribution is 5.79. The zero-order valence-electron chi connectivity index (χ0n) is 15.0. The molecule has 2 aliphatic rings. The van der Waals surface area contributed by atoms with Gasteiger partial charge in [-0.2, -0.15) is 0 Å². The van der Waals surface area contributed by atoms with Crippen molar-refractivity contribution in [1.82, 2.24) is 20.0 Å². The summed E-state index contributed by atoms with van der Waals surface area (Å²) in [5, 5.41) is 3.09. The maximum absolute atomic E-state index is 12.4. The fourth-order valence-electron chi connectivity index (χ4n) is 3.25. The van der Waals surface area contributed by atoms with Gasteiger partial charge in [0.1, 0.15) is 0 Å². The van der Waals surface area contributed by atoms with Gasteiger partial charge in [-0.1, -0.05) is 12.8 Å². The summed E-state index contributed by atoms with van der Waals surface area (Å²) < 4.78 is 4.95. The Morgan fingerprint density at radius 1 is 0.875 bits per heavy atom. The van der Waals surface area contributed by atoms with Gasteiger partial charge in [0.2, 0.25) is 11.8 Å². The van der Waals surface area contributed by atoms with Crippen molar-refractivity contribution in [3.05, 3.63) is 0 Å². The molecule has 2 fully saturated rings. The number of likely N-dealkylation sites (tertiary alicyclic amines) is 1. The lowest BCUT2D eigenvalue weighted by Gasteiger charge is -2.35. The molecule has 0 atom stereocenters.